The molecule has 4 fully saturated rings. The van der Waals surface area contributed by atoms with Crippen molar-refractivity contribution < 1.29 is 4.79 Å². The van der Waals surface area contributed by atoms with Gasteiger partial charge in [0.25, 0.3) is 0 Å². The fraction of sp³-hybridized carbons (Fsp3) is 0.941. The molecule has 20 heavy (non-hydrogen) atoms. The van der Waals surface area contributed by atoms with E-state index in [2.05, 4.69) is 15.9 Å². The Labute approximate surface area is 131 Å². The van der Waals surface area contributed by atoms with E-state index < -0.39 is 0 Å². The lowest BCUT2D eigenvalue weighted by Crippen LogP contribution is -2.51. The smallest absolute Gasteiger partial charge is 0.225 e. The van der Waals surface area contributed by atoms with Gasteiger partial charge in [-0.05, 0) is 68.6 Å². The maximum Gasteiger partial charge on any atom is 0.225 e. The highest BCUT2D eigenvalue weighted by Crippen LogP contribution is 2.56. The zero-order valence-corrected chi connectivity index (χ0v) is 14.3. The van der Waals surface area contributed by atoms with Gasteiger partial charge in [0.05, 0.1) is 0 Å². The first-order valence-electron chi connectivity index (χ1n) is 8.50. The molecule has 0 aromatic heterocycles. The number of hydrogen-bond donors (Lipinski definition) is 0. The minimum absolute atomic E-state index is 0.379. The van der Waals surface area contributed by atoms with Gasteiger partial charge < -0.3 is 4.90 Å². The van der Waals surface area contributed by atoms with Gasteiger partial charge in [-0.25, -0.2) is 0 Å². The molecule has 4 aliphatic carbocycles. The Morgan fingerprint density at radius 3 is 2.15 bits per heavy atom. The topological polar surface area (TPSA) is 20.3 Å². The lowest BCUT2D eigenvalue weighted by molar-refractivity contribution is -0.147. The monoisotopic (exact) mass is 341 g/mol. The van der Waals surface area contributed by atoms with Crippen LogP contribution in [-0.2, 0) is 4.79 Å². The van der Waals surface area contributed by atoms with Crippen LogP contribution < -0.4 is 0 Å². The van der Waals surface area contributed by atoms with Gasteiger partial charge in [0.1, 0.15) is 0 Å². The van der Waals surface area contributed by atoms with Gasteiger partial charge in [-0.15, -0.1) is 0 Å². The number of nitrogens with zero attached hydrogens (tertiary/aromatic N) is 1. The van der Waals surface area contributed by atoms with Crippen LogP contribution in [0.3, 0.4) is 0 Å². The molecule has 4 aliphatic rings. The molecular formula is C17H28BrNO. The molecule has 0 unspecified atom stereocenters. The average molecular weight is 342 g/mol. The van der Waals surface area contributed by atoms with Gasteiger partial charge in [0.2, 0.25) is 5.91 Å². The van der Waals surface area contributed by atoms with Crippen molar-refractivity contribution >= 4 is 21.8 Å². The fourth-order valence-electron chi connectivity index (χ4n) is 5.31. The largest absolute Gasteiger partial charge is 0.346 e. The third-order valence-corrected chi connectivity index (χ3v) is 6.58. The summed E-state index contributed by atoms with van der Waals surface area (Å²) in [5, 5.41) is 1.08. The number of carbonyl (C=O) groups is 1. The fourth-order valence-corrected chi connectivity index (χ4v) is 5.71. The normalized spacial score (nSPS) is 38.2. The van der Waals surface area contributed by atoms with Gasteiger partial charge >= 0.3 is 0 Å². The van der Waals surface area contributed by atoms with Gasteiger partial charge in [0, 0.05) is 24.8 Å². The minimum Gasteiger partial charge on any atom is -0.346 e. The van der Waals surface area contributed by atoms with Crippen LogP contribution in [0.4, 0.5) is 0 Å². The second-order valence-corrected chi connectivity index (χ2v) is 8.26. The van der Waals surface area contributed by atoms with Crippen molar-refractivity contribution in [3.63, 3.8) is 0 Å². The minimum atomic E-state index is 0.379. The molecule has 0 radical (unpaired) electrons. The SMILES string of the molecule is CN(CCCCCBr)C(=O)C1C2CC3CC(C2)CC1C3. The summed E-state index contributed by atoms with van der Waals surface area (Å²) in [5.41, 5.74) is 0. The van der Waals surface area contributed by atoms with Crippen LogP contribution in [-0.4, -0.2) is 29.7 Å². The van der Waals surface area contributed by atoms with Crippen molar-refractivity contribution in [1.82, 2.24) is 4.90 Å². The van der Waals surface area contributed by atoms with Crippen molar-refractivity contribution in [3.8, 4) is 0 Å². The predicted molar refractivity (Wildman–Crippen MR) is 85.8 cm³/mol. The van der Waals surface area contributed by atoms with Crippen LogP contribution in [0.5, 0.6) is 0 Å². The number of carbonyl (C=O) groups excluding carboxylic acids is 1. The highest BCUT2D eigenvalue weighted by Gasteiger charge is 2.51. The molecule has 2 nitrogen and oxygen atoms in total. The van der Waals surface area contributed by atoms with Crippen molar-refractivity contribution in [2.75, 3.05) is 18.9 Å². The van der Waals surface area contributed by atoms with Crippen molar-refractivity contribution in [2.45, 2.75) is 51.4 Å². The van der Waals surface area contributed by atoms with E-state index in [1.807, 2.05) is 11.9 Å². The summed E-state index contributed by atoms with van der Waals surface area (Å²) in [5.74, 6) is 4.23. The van der Waals surface area contributed by atoms with Gasteiger partial charge in [-0.3, -0.25) is 4.79 Å². The van der Waals surface area contributed by atoms with Crippen LogP contribution in [0.15, 0.2) is 0 Å². The Hall–Kier alpha value is -0.0500. The molecule has 0 aromatic rings. The summed E-state index contributed by atoms with van der Waals surface area (Å²) in [6.07, 6.45) is 10.5. The molecule has 1 amide bonds. The standard InChI is InChI=1S/C17H28BrNO/c1-19(6-4-2-3-5-18)17(20)16-14-8-12-7-13(10-14)11-15(16)9-12/h12-16H,2-11H2,1H3. The molecule has 0 aliphatic heterocycles. The summed E-state index contributed by atoms with van der Waals surface area (Å²) in [6.45, 7) is 0.953. The Balaban J connectivity index is 1.54. The highest BCUT2D eigenvalue weighted by atomic mass is 79.9. The van der Waals surface area contributed by atoms with E-state index in [-0.39, 0.29) is 0 Å². The maximum absolute atomic E-state index is 12.8. The third kappa shape index (κ3) is 2.93. The lowest BCUT2D eigenvalue weighted by atomic mass is 9.51. The molecule has 0 N–H and O–H groups in total. The predicted octanol–water partition coefficient (Wildman–Crippen LogP) is 4.08. The molecule has 4 saturated carbocycles. The Morgan fingerprint density at radius 1 is 1.00 bits per heavy atom. The number of rotatable bonds is 6. The van der Waals surface area contributed by atoms with Crippen LogP contribution >= 0.6 is 15.9 Å². The molecule has 4 rings (SSSR count). The highest BCUT2D eigenvalue weighted by molar-refractivity contribution is 9.09. The first kappa shape index (κ1) is 14.9. The number of halogens is 1. The first-order chi connectivity index (χ1) is 9.69. The summed E-state index contributed by atoms with van der Waals surface area (Å²) in [6, 6.07) is 0. The van der Waals surface area contributed by atoms with E-state index in [1.165, 1.54) is 44.9 Å². The average Bonchev–Trinajstić information content (AvgIpc) is 2.42. The number of hydrogen-bond acceptors (Lipinski definition) is 1. The Bertz CT molecular complexity index is 329. The molecule has 3 heteroatoms. The van der Waals surface area contributed by atoms with Crippen LogP contribution in [0.1, 0.15) is 51.4 Å². The molecule has 114 valence electrons. The van der Waals surface area contributed by atoms with Gasteiger partial charge in [-0.1, -0.05) is 22.4 Å². The second-order valence-electron chi connectivity index (χ2n) is 7.47. The van der Waals surface area contributed by atoms with E-state index in [4.69, 9.17) is 0 Å². The molecule has 0 saturated heterocycles. The molecule has 0 atom stereocenters. The van der Waals surface area contributed by atoms with Crippen molar-refractivity contribution in [2.24, 2.45) is 29.6 Å². The number of alkyl halides is 1. The van der Waals surface area contributed by atoms with Gasteiger partial charge in [0.15, 0.2) is 0 Å². The second kappa shape index (κ2) is 6.37. The Morgan fingerprint density at radius 2 is 1.60 bits per heavy atom. The summed E-state index contributed by atoms with van der Waals surface area (Å²) in [7, 11) is 2.03. The maximum atomic E-state index is 12.8. The van der Waals surface area contributed by atoms with E-state index in [0.717, 1.165) is 42.0 Å². The first-order valence-corrected chi connectivity index (χ1v) is 9.62. The molecule has 0 heterocycles. The quantitative estimate of drug-likeness (QED) is 0.526. The molecular weight excluding hydrogens is 314 g/mol. The molecule has 0 spiro atoms. The van der Waals surface area contributed by atoms with E-state index in [1.54, 1.807) is 0 Å². The van der Waals surface area contributed by atoms with E-state index in [0.29, 0.717) is 11.8 Å². The van der Waals surface area contributed by atoms with E-state index in [9.17, 15) is 4.79 Å². The van der Waals surface area contributed by atoms with Crippen LogP contribution in [0.25, 0.3) is 0 Å². The van der Waals surface area contributed by atoms with Crippen LogP contribution in [0, 0.1) is 29.6 Å². The summed E-state index contributed by atoms with van der Waals surface area (Å²) in [4.78, 5) is 14.9. The summed E-state index contributed by atoms with van der Waals surface area (Å²) >= 11 is 3.47. The molecule has 0 aromatic carbocycles. The zero-order chi connectivity index (χ0) is 14.1. The third-order valence-electron chi connectivity index (χ3n) is 6.02. The Kier molecular flexibility index (Phi) is 4.74. The number of amides is 1. The number of unbranched alkanes of at least 4 members (excludes halogenated alkanes) is 2. The van der Waals surface area contributed by atoms with Crippen molar-refractivity contribution in [3.05, 3.63) is 0 Å². The van der Waals surface area contributed by atoms with Gasteiger partial charge in [-0.2, -0.15) is 0 Å². The van der Waals surface area contributed by atoms with Crippen molar-refractivity contribution in [1.29, 1.82) is 0 Å². The summed E-state index contributed by atoms with van der Waals surface area (Å²) < 4.78 is 0. The molecule has 4 bridgehead atoms. The zero-order valence-electron chi connectivity index (χ0n) is 12.7. The lowest BCUT2D eigenvalue weighted by Gasteiger charge is -2.54. The van der Waals surface area contributed by atoms with Crippen LogP contribution in [0.2, 0.25) is 0 Å². The van der Waals surface area contributed by atoms with E-state index >= 15 is 0 Å².